The molecule has 0 saturated carbocycles. The predicted octanol–water partition coefficient (Wildman–Crippen LogP) is 4.73. The van der Waals surface area contributed by atoms with Crippen molar-refractivity contribution in [1.82, 2.24) is 0 Å². The van der Waals surface area contributed by atoms with Crippen molar-refractivity contribution < 1.29 is 18.6 Å². The molecule has 4 atom stereocenters. The van der Waals surface area contributed by atoms with E-state index in [9.17, 15) is 18.6 Å². The van der Waals surface area contributed by atoms with E-state index in [-0.39, 0.29) is 34.5 Å². The summed E-state index contributed by atoms with van der Waals surface area (Å²) in [6.45, 7) is 8.59. The second kappa shape index (κ2) is 11.3. The maximum Gasteiger partial charge on any atom is 0.0560 e. The van der Waals surface area contributed by atoms with Crippen molar-refractivity contribution in [3.63, 3.8) is 0 Å². The first-order chi connectivity index (χ1) is 14.1. The molecule has 0 aliphatic carbocycles. The molecule has 0 saturated heterocycles. The molecule has 2 N–H and O–H groups in total. The number of aliphatic hydroxyl groups excluding tert-OH is 2. The number of aliphatic hydroxyl groups is 2. The van der Waals surface area contributed by atoms with Gasteiger partial charge in [-0.3, -0.25) is 8.42 Å². The van der Waals surface area contributed by atoms with Gasteiger partial charge in [0.1, 0.15) is 0 Å². The average Bonchev–Trinajstić information content (AvgIpc) is 3.23. The second-order valence-corrected chi connectivity index (χ2v) is 13.8. The zero-order valence-corrected chi connectivity index (χ0v) is 20.7. The lowest BCUT2D eigenvalue weighted by Crippen LogP contribution is -2.18. The zero-order valence-electron chi connectivity index (χ0n) is 19.1. The van der Waals surface area contributed by atoms with Crippen molar-refractivity contribution in [2.75, 3.05) is 13.2 Å². The maximum absolute atomic E-state index is 12.8. The quantitative estimate of drug-likeness (QED) is 0.445. The summed E-state index contributed by atoms with van der Waals surface area (Å²) in [4.78, 5) is 1.71. The third-order valence-electron chi connectivity index (χ3n) is 6.26. The molecule has 0 radical (unpaired) electrons. The Morgan fingerprint density at radius 2 is 1.20 bits per heavy atom. The summed E-state index contributed by atoms with van der Waals surface area (Å²) in [5.74, 6) is 0. The van der Waals surface area contributed by atoms with Crippen molar-refractivity contribution in [3.05, 3.63) is 34.1 Å². The summed E-state index contributed by atoms with van der Waals surface area (Å²) in [7, 11) is -2.01. The van der Waals surface area contributed by atoms with Crippen molar-refractivity contribution in [3.8, 4) is 0 Å². The summed E-state index contributed by atoms with van der Waals surface area (Å²) >= 11 is 0. The van der Waals surface area contributed by atoms with Crippen molar-refractivity contribution in [2.24, 2.45) is 10.8 Å². The van der Waals surface area contributed by atoms with Gasteiger partial charge < -0.3 is 10.2 Å². The smallest absolute Gasteiger partial charge is 0.0560 e. The van der Waals surface area contributed by atoms with E-state index < -0.39 is 21.6 Å². The van der Waals surface area contributed by atoms with Gasteiger partial charge in [0, 0.05) is 33.5 Å². The molecule has 0 aromatic rings. The lowest BCUT2D eigenvalue weighted by molar-refractivity contribution is 0.147. The standard InChI is InChI=1S/C24H40O4S2/c1-23(2,17-25)15-5-7-19-9-11-21(29(19)27)13-14-22-12-10-20(30(22)28)8-6-16-24(3,4)18-26/h11-14,19-20,25-26H,5-10,15-18H2,1-4H3. The van der Waals surface area contributed by atoms with E-state index in [0.29, 0.717) is 0 Å². The van der Waals surface area contributed by atoms with Crippen LogP contribution < -0.4 is 0 Å². The van der Waals surface area contributed by atoms with Crippen LogP contribution in [0.5, 0.6) is 0 Å². The molecular weight excluding hydrogens is 416 g/mol. The first-order valence-electron chi connectivity index (χ1n) is 11.2. The molecule has 0 aromatic carbocycles. The predicted molar refractivity (Wildman–Crippen MR) is 128 cm³/mol. The third-order valence-corrected chi connectivity index (χ3v) is 9.86. The lowest BCUT2D eigenvalue weighted by Gasteiger charge is -2.22. The Bertz CT molecular complexity index is 659. The fourth-order valence-electron chi connectivity index (χ4n) is 3.88. The Kier molecular flexibility index (Phi) is 9.72. The van der Waals surface area contributed by atoms with Gasteiger partial charge in [-0.05, 0) is 61.5 Å². The Balaban J connectivity index is 1.78. The Hall–Kier alpha value is -0.560. The highest BCUT2D eigenvalue weighted by Gasteiger charge is 2.27. The number of rotatable bonds is 12. The number of allylic oxidation sites excluding steroid dienone is 4. The van der Waals surface area contributed by atoms with Crippen LogP contribution in [0.1, 0.15) is 79.1 Å². The van der Waals surface area contributed by atoms with Crippen LogP contribution in [0, 0.1) is 10.8 Å². The molecule has 2 rings (SSSR count). The topological polar surface area (TPSA) is 74.6 Å². The molecule has 2 aliphatic rings. The Morgan fingerprint density at radius 3 is 1.53 bits per heavy atom. The molecule has 0 bridgehead atoms. The molecule has 2 aliphatic heterocycles. The Morgan fingerprint density at radius 1 is 0.833 bits per heavy atom. The fraction of sp³-hybridized carbons (Fsp3) is 0.750. The summed E-state index contributed by atoms with van der Waals surface area (Å²) in [6, 6.07) is 0. The van der Waals surface area contributed by atoms with Gasteiger partial charge in [0.25, 0.3) is 0 Å². The fourth-order valence-corrected chi connectivity index (χ4v) is 6.88. The van der Waals surface area contributed by atoms with Gasteiger partial charge in [0.05, 0.1) is 21.6 Å². The molecule has 0 amide bonds. The van der Waals surface area contributed by atoms with E-state index >= 15 is 0 Å². The zero-order chi connectivity index (χ0) is 22.4. The summed E-state index contributed by atoms with van der Waals surface area (Å²) in [5, 5.41) is 19.1. The van der Waals surface area contributed by atoms with Crippen LogP contribution in [0.4, 0.5) is 0 Å². The van der Waals surface area contributed by atoms with Crippen LogP contribution in [0.3, 0.4) is 0 Å². The van der Waals surface area contributed by atoms with E-state index in [4.69, 9.17) is 0 Å². The van der Waals surface area contributed by atoms with E-state index in [1.165, 1.54) is 0 Å². The highest BCUT2D eigenvalue weighted by atomic mass is 32.2. The second-order valence-electron chi connectivity index (χ2n) is 10.3. The van der Waals surface area contributed by atoms with E-state index in [1.54, 1.807) is 0 Å². The van der Waals surface area contributed by atoms with Crippen LogP contribution in [-0.4, -0.2) is 42.3 Å². The van der Waals surface area contributed by atoms with Crippen molar-refractivity contribution in [2.45, 2.75) is 89.6 Å². The van der Waals surface area contributed by atoms with E-state index in [2.05, 4.69) is 39.8 Å². The largest absolute Gasteiger partial charge is 0.396 e. The van der Waals surface area contributed by atoms with Crippen molar-refractivity contribution in [1.29, 1.82) is 0 Å². The monoisotopic (exact) mass is 456 g/mol. The normalized spacial score (nSPS) is 27.7. The third kappa shape index (κ3) is 7.54. The lowest BCUT2D eigenvalue weighted by atomic mass is 9.88. The summed E-state index contributed by atoms with van der Waals surface area (Å²) in [5.41, 5.74) is -0.140. The van der Waals surface area contributed by atoms with Gasteiger partial charge in [-0.25, -0.2) is 0 Å². The van der Waals surface area contributed by atoms with Gasteiger partial charge in [-0.2, -0.15) is 0 Å². The molecule has 4 nitrogen and oxygen atoms in total. The molecule has 172 valence electrons. The molecule has 0 aromatic heterocycles. The van der Waals surface area contributed by atoms with Crippen LogP contribution in [0.25, 0.3) is 0 Å². The van der Waals surface area contributed by atoms with Crippen LogP contribution in [0.2, 0.25) is 0 Å². The summed E-state index contributed by atoms with van der Waals surface area (Å²) in [6.07, 6.45) is 15.2. The average molecular weight is 457 g/mol. The van der Waals surface area contributed by atoms with Gasteiger partial charge in [-0.15, -0.1) is 0 Å². The maximum atomic E-state index is 12.8. The van der Waals surface area contributed by atoms with Crippen LogP contribution >= 0.6 is 0 Å². The molecular formula is C24H40O4S2. The van der Waals surface area contributed by atoms with E-state index in [0.717, 1.165) is 61.2 Å². The molecule has 4 unspecified atom stereocenters. The SMILES string of the molecule is CC(C)(CO)CCCC1CC=C(C=CC2=CCC(CCCC(C)(C)CO)S2=O)S1=O. The Labute approximate surface area is 187 Å². The van der Waals surface area contributed by atoms with Gasteiger partial charge in [-0.1, -0.05) is 52.7 Å². The van der Waals surface area contributed by atoms with Crippen LogP contribution in [0.15, 0.2) is 34.1 Å². The van der Waals surface area contributed by atoms with Gasteiger partial charge in [0.2, 0.25) is 0 Å². The first kappa shape index (κ1) is 25.7. The van der Waals surface area contributed by atoms with Crippen molar-refractivity contribution >= 4 is 21.6 Å². The molecule has 0 spiro atoms. The minimum atomic E-state index is -1.00. The summed E-state index contributed by atoms with van der Waals surface area (Å²) < 4.78 is 25.5. The first-order valence-corrected chi connectivity index (χ1v) is 13.6. The minimum Gasteiger partial charge on any atom is -0.396 e. The molecule has 6 heteroatoms. The van der Waals surface area contributed by atoms with Gasteiger partial charge in [0.15, 0.2) is 0 Å². The highest BCUT2D eigenvalue weighted by Crippen LogP contribution is 2.32. The number of hydrogen-bond donors (Lipinski definition) is 2. The minimum absolute atomic E-state index is 0.0698. The number of hydrogen-bond acceptors (Lipinski definition) is 4. The van der Waals surface area contributed by atoms with Gasteiger partial charge >= 0.3 is 0 Å². The van der Waals surface area contributed by atoms with Crippen LogP contribution in [-0.2, 0) is 21.6 Å². The molecule has 2 heterocycles. The highest BCUT2D eigenvalue weighted by molar-refractivity contribution is 7.90. The molecule has 30 heavy (non-hydrogen) atoms. The van der Waals surface area contributed by atoms with E-state index in [1.807, 2.05) is 12.2 Å². The molecule has 0 fully saturated rings.